The monoisotopic (exact) mass is 364 g/mol. The van der Waals surface area contributed by atoms with Gasteiger partial charge in [-0.15, -0.1) is 0 Å². The zero-order valence-electron chi connectivity index (χ0n) is 14.2. The number of benzene rings is 2. The van der Waals surface area contributed by atoms with Crippen LogP contribution in [-0.2, 0) is 13.1 Å². The highest BCUT2D eigenvalue weighted by molar-refractivity contribution is 5.68. The molecule has 1 aromatic heterocycles. The fourth-order valence-electron chi connectivity index (χ4n) is 3.10. The van der Waals surface area contributed by atoms with Crippen molar-refractivity contribution in [1.29, 1.82) is 0 Å². The topological polar surface area (TPSA) is 98.0 Å². The molecule has 0 spiro atoms. The van der Waals surface area contributed by atoms with Crippen LogP contribution in [0.15, 0.2) is 42.6 Å². The first-order valence-electron chi connectivity index (χ1n) is 8.55. The second-order valence-corrected chi connectivity index (χ2v) is 6.34. The van der Waals surface area contributed by atoms with Crippen molar-refractivity contribution in [2.45, 2.75) is 13.1 Å². The van der Waals surface area contributed by atoms with Crippen LogP contribution in [0.3, 0.4) is 0 Å². The molecule has 0 fully saturated rings. The minimum absolute atomic E-state index is 0.111. The van der Waals surface area contributed by atoms with Crippen LogP contribution in [0.2, 0.25) is 0 Å². The average Bonchev–Trinajstić information content (AvgIpc) is 3.32. The molecule has 6 N–H and O–H groups in total. The second kappa shape index (κ2) is 6.38. The Kier molecular flexibility index (Phi) is 3.73. The first-order chi connectivity index (χ1) is 13.2. The molecule has 3 heterocycles. The SMILES string of the molecule is Fc1cnc(Nc2ccc3c(c2)NNC3)nc1Nc1ccc2c(c1)NNC2. The molecule has 3 aromatic rings. The molecule has 2 aliphatic heterocycles. The minimum Gasteiger partial charge on any atom is -0.338 e. The summed E-state index contributed by atoms with van der Waals surface area (Å²) in [7, 11) is 0. The quantitative estimate of drug-likeness (QED) is 0.421. The molecule has 0 radical (unpaired) electrons. The molecule has 0 saturated carbocycles. The molecule has 0 atom stereocenters. The van der Waals surface area contributed by atoms with Crippen molar-refractivity contribution in [3.05, 3.63) is 59.5 Å². The Morgan fingerprint density at radius 2 is 1.48 bits per heavy atom. The number of hydrogen-bond donors (Lipinski definition) is 6. The predicted octanol–water partition coefficient (Wildman–Crippen LogP) is 2.96. The summed E-state index contributed by atoms with van der Waals surface area (Å²) in [4.78, 5) is 8.30. The Hall–Kier alpha value is -3.43. The average molecular weight is 364 g/mol. The third-order valence-electron chi connectivity index (χ3n) is 4.49. The van der Waals surface area contributed by atoms with Crippen LogP contribution < -0.4 is 32.3 Å². The van der Waals surface area contributed by atoms with Crippen LogP contribution in [0.4, 0.5) is 38.9 Å². The van der Waals surface area contributed by atoms with E-state index in [4.69, 9.17) is 0 Å². The van der Waals surface area contributed by atoms with Crippen molar-refractivity contribution >= 4 is 34.5 Å². The number of rotatable bonds is 4. The van der Waals surface area contributed by atoms with E-state index in [0.29, 0.717) is 5.95 Å². The lowest BCUT2D eigenvalue weighted by Crippen LogP contribution is -2.11. The summed E-state index contributed by atoms with van der Waals surface area (Å²) in [5, 5.41) is 6.12. The Morgan fingerprint density at radius 3 is 2.15 bits per heavy atom. The highest BCUT2D eigenvalue weighted by Gasteiger charge is 2.13. The molecular weight excluding hydrogens is 347 g/mol. The molecular formula is C18H17FN8. The van der Waals surface area contributed by atoms with Crippen LogP contribution in [0.1, 0.15) is 11.1 Å². The van der Waals surface area contributed by atoms with Gasteiger partial charge in [-0.3, -0.25) is 0 Å². The zero-order chi connectivity index (χ0) is 18.2. The Morgan fingerprint density at radius 1 is 0.852 bits per heavy atom. The molecule has 8 nitrogen and oxygen atoms in total. The van der Waals surface area contributed by atoms with Crippen LogP contribution in [-0.4, -0.2) is 9.97 Å². The summed E-state index contributed by atoms with van der Waals surface area (Å²) in [6.07, 6.45) is 1.15. The first-order valence-corrected chi connectivity index (χ1v) is 8.55. The molecule has 9 heteroatoms. The van der Waals surface area contributed by atoms with Gasteiger partial charge in [-0.1, -0.05) is 12.1 Å². The first kappa shape index (κ1) is 15.8. The summed E-state index contributed by atoms with van der Waals surface area (Å²) in [5.41, 5.74) is 18.1. The third-order valence-corrected chi connectivity index (χ3v) is 4.49. The van der Waals surface area contributed by atoms with Crippen LogP contribution in [0.25, 0.3) is 0 Å². The summed E-state index contributed by atoms with van der Waals surface area (Å²) in [6, 6.07) is 11.7. The van der Waals surface area contributed by atoms with E-state index in [1.807, 2.05) is 36.4 Å². The van der Waals surface area contributed by atoms with Gasteiger partial charge in [0.2, 0.25) is 5.95 Å². The molecule has 0 bridgehead atoms. The number of hydrogen-bond acceptors (Lipinski definition) is 8. The highest BCUT2D eigenvalue weighted by Crippen LogP contribution is 2.28. The standard InChI is InChI=1S/C18H17FN8/c19-14-9-20-18(24-13-4-2-11-8-22-27-16(11)6-13)25-17(14)23-12-3-1-10-7-21-26-15(10)5-12/h1-6,9,21-22,26-27H,7-8H2,(H2,20,23,24,25). The van der Waals surface area contributed by atoms with Gasteiger partial charge >= 0.3 is 0 Å². The summed E-state index contributed by atoms with van der Waals surface area (Å²) in [5.74, 6) is -0.0999. The maximum Gasteiger partial charge on any atom is 0.229 e. The van der Waals surface area contributed by atoms with Crippen molar-refractivity contribution in [2.75, 3.05) is 21.5 Å². The van der Waals surface area contributed by atoms with E-state index in [-0.39, 0.29) is 5.82 Å². The molecule has 0 aliphatic carbocycles. The molecule has 2 aromatic carbocycles. The Balaban J connectivity index is 1.38. The fourth-order valence-corrected chi connectivity index (χ4v) is 3.10. The van der Waals surface area contributed by atoms with Crippen molar-refractivity contribution in [3.8, 4) is 0 Å². The van der Waals surface area contributed by atoms with Gasteiger partial charge in [0, 0.05) is 24.5 Å². The van der Waals surface area contributed by atoms with Gasteiger partial charge in [-0.2, -0.15) is 4.98 Å². The van der Waals surface area contributed by atoms with Gasteiger partial charge < -0.3 is 21.5 Å². The molecule has 2 aliphatic rings. The number of fused-ring (bicyclic) bond motifs is 2. The number of nitrogens with one attached hydrogen (secondary N) is 6. The lowest BCUT2D eigenvalue weighted by atomic mass is 10.2. The van der Waals surface area contributed by atoms with Gasteiger partial charge in [-0.25, -0.2) is 20.2 Å². The van der Waals surface area contributed by atoms with Gasteiger partial charge in [-0.05, 0) is 35.4 Å². The van der Waals surface area contributed by atoms with E-state index >= 15 is 0 Å². The molecule has 5 rings (SSSR count). The van der Waals surface area contributed by atoms with Crippen molar-refractivity contribution < 1.29 is 4.39 Å². The van der Waals surface area contributed by atoms with E-state index < -0.39 is 5.82 Å². The van der Waals surface area contributed by atoms with Crippen LogP contribution >= 0.6 is 0 Å². The fraction of sp³-hybridized carbons (Fsp3) is 0.111. The number of nitrogens with zero attached hydrogens (tertiary/aromatic N) is 2. The van der Waals surface area contributed by atoms with E-state index in [1.165, 1.54) is 5.56 Å². The van der Waals surface area contributed by atoms with Gasteiger partial charge in [0.15, 0.2) is 11.6 Å². The number of halogens is 1. The maximum atomic E-state index is 14.2. The van der Waals surface area contributed by atoms with E-state index in [1.54, 1.807) is 0 Å². The van der Waals surface area contributed by atoms with Gasteiger partial charge in [0.1, 0.15) is 0 Å². The smallest absolute Gasteiger partial charge is 0.229 e. The minimum atomic E-state index is -0.521. The predicted molar refractivity (Wildman–Crippen MR) is 102 cm³/mol. The number of anilines is 6. The van der Waals surface area contributed by atoms with Crippen molar-refractivity contribution in [1.82, 2.24) is 20.8 Å². The number of aromatic nitrogens is 2. The van der Waals surface area contributed by atoms with E-state index in [2.05, 4.69) is 42.3 Å². The van der Waals surface area contributed by atoms with Crippen LogP contribution in [0, 0.1) is 5.82 Å². The normalized spacial score (nSPS) is 14.1. The lowest BCUT2D eigenvalue weighted by Gasteiger charge is -2.11. The summed E-state index contributed by atoms with van der Waals surface area (Å²) >= 11 is 0. The largest absolute Gasteiger partial charge is 0.338 e. The van der Waals surface area contributed by atoms with Crippen molar-refractivity contribution in [2.24, 2.45) is 0 Å². The van der Waals surface area contributed by atoms with E-state index in [0.717, 1.165) is 47.6 Å². The molecule has 0 unspecified atom stereocenters. The van der Waals surface area contributed by atoms with Gasteiger partial charge in [0.25, 0.3) is 0 Å². The third kappa shape index (κ3) is 3.09. The Labute approximate surface area is 154 Å². The lowest BCUT2D eigenvalue weighted by molar-refractivity contribution is 0.619. The summed E-state index contributed by atoms with van der Waals surface area (Å²) in [6.45, 7) is 1.54. The molecule has 136 valence electrons. The summed E-state index contributed by atoms with van der Waals surface area (Å²) < 4.78 is 14.2. The zero-order valence-corrected chi connectivity index (χ0v) is 14.2. The molecule has 0 saturated heterocycles. The van der Waals surface area contributed by atoms with Crippen molar-refractivity contribution in [3.63, 3.8) is 0 Å². The van der Waals surface area contributed by atoms with Crippen LogP contribution in [0.5, 0.6) is 0 Å². The number of hydrazine groups is 2. The van der Waals surface area contributed by atoms with Gasteiger partial charge in [0.05, 0.1) is 17.6 Å². The maximum absolute atomic E-state index is 14.2. The Bertz CT molecular complexity index is 1020. The molecule has 0 amide bonds. The highest BCUT2D eigenvalue weighted by atomic mass is 19.1. The molecule has 27 heavy (non-hydrogen) atoms. The second-order valence-electron chi connectivity index (χ2n) is 6.34. The van der Waals surface area contributed by atoms with E-state index in [9.17, 15) is 4.39 Å².